The van der Waals surface area contributed by atoms with Gasteiger partial charge in [0.05, 0.1) is 5.41 Å². The Bertz CT molecular complexity index is 641. The number of anilines is 1. The Kier molecular flexibility index (Phi) is 5.44. The molecule has 0 aromatic carbocycles. The van der Waals surface area contributed by atoms with Gasteiger partial charge in [-0.2, -0.15) is 0 Å². The number of hydrogen-bond acceptors (Lipinski definition) is 5. The van der Waals surface area contributed by atoms with Crippen molar-refractivity contribution in [2.24, 2.45) is 17.3 Å². The Morgan fingerprint density at radius 2 is 1.77 bits per heavy atom. The number of aliphatic carboxylic acids is 1. The van der Waals surface area contributed by atoms with Crippen LogP contribution in [0, 0.1) is 17.3 Å². The molecule has 0 aliphatic carbocycles. The topological polar surface area (TPSA) is 86.6 Å². The lowest BCUT2D eigenvalue weighted by molar-refractivity contribution is -0.154. The normalized spacial score (nSPS) is 22.3. The van der Waals surface area contributed by atoms with Crippen LogP contribution in [0.2, 0.25) is 0 Å². The third kappa shape index (κ3) is 3.81. The van der Waals surface area contributed by atoms with Gasteiger partial charge in [0.25, 0.3) is 0 Å². The predicted molar refractivity (Wildman–Crippen MR) is 97.7 cm³/mol. The molecule has 2 fully saturated rings. The summed E-state index contributed by atoms with van der Waals surface area (Å²) in [5, 5.41) is 9.48. The lowest BCUT2D eigenvalue weighted by Gasteiger charge is -2.41. The van der Waals surface area contributed by atoms with Gasteiger partial charge in [-0.3, -0.25) is 9.59 Å². The number of nitrogens with zero attached hydrogens (tertiary/aromatic N) is 4. The average Bonchev–Trinajstić information content (AvgIpc) is 2.68. The van der Waals surface area contributed by atoms with E-state index in [-0.39, 0.29) is 17.7 Å². The SMILES string of the molecule is CC(C)(C(=O)O)C1CCCN(C(=O)C2CCN(c3ncccn3)CC2)C1. The number of rotatable bonds is 4. The Morgan fingerprint density at radius 1 is 1.12 bits per heavy atom. The van der Waals surface area contributed by atoms with E-state index in [4.69, 9.17) is 0 Å². The second-order valence-corrected chi connectivity index (χ2v) is 7.96. The number of hydrogen-bond donors (Lipinski definition) is 1. The first-order valence-electron chi connectivity index (χ1n) is 9.43. The Balaban J connectivity index is 1.57. The van der Waals surface area contributed by atoms with Crippen molar-refractivity contribution >= 4 is 17.8 Å². The van der Waals surface area contributed by atoms with Gasteiger partial charge in [-0.05, 0) is 51.5 Å². The van der Waals surface area contributed by atoms with E-state index in [0.29, 0.717) is 6.54 Å². The quantitative estimate of drug-likeness (QED) is 0.884. The van der Waals surface area contributed by atoms with Gasteiger partial charge in [-0.25, -0.2) is 9.97 Å². The zero-order chi connectivity index (χ0) is 18.7. The molecule has 142 valence electrons. The van der Waals surface area contributed by atoms with E-state index in [0.717, 1.165) is 51.3 Å². The molecule has 1 atom stereocenters. The number of piperidine rings is 2. The van der Waals surface area contributed by atoms with E-state index in [9.17, 15) is 14.7 Å². The molecule has 0 radical (unpaired) electrons. The zero-order valence-electron chi connectivity index (χ0n) is 15.6. The van der Waals surface area contributed by atoms with E-state index in [1.807, 2.05) is 4.90 Å². The van der Waals surface area contributed by atoms with Crippen molar-refractivity contribution in [3.63, 3.8) is 0 Å². The molecule has 0 saturated carbocycles. The fourth-order valence-corrected chi connectivity index (χ4v) is 3.98. The molecule has 2 saturated heterocycles. The van der Waals surface area contributed by atoms with Gasteiger partial charge in [-0.1, -0.05) is 0 Å². The van der Waals surface area contributed by atoms with E-state index < -0.39 is 11.4 Å². The Labute approximate surface area is 154 Å². The van der Waals surface area contributed by atoms with Gasteiger partial charge in [0.15, 0.2) is 0 Å². The number of carboxylic acids is 1. The van der Waals surface area contributed by atoms with Crippen molar-refractivity contribution in [2.45, 2.75) is 39.5 Å². The summed E-state index contributed by atoms with van der Waals surface area (Å²) in [5.41, 5.74) is -0.799. The van der Waals surface area contributed by atoms with Crippen LogP contribution < -0.4 is 4.90 Å². The van der Waals surface area contributed by atoms with Crippen LogP contribution in [0.4, 0.5) is 5.95 Å². The molecule has 1 N–H and O–H groups in total. The molecule has 7 heteroatoms. The fraction of sp³-hybridized carbons (Fsp3) is 0.684. The summed E-state index contributed by atoms with van der Waals surface area (Å²) >= 11 is 0. The summed E-state index contributed by atoms with van der Waals surface area (Å²) in [6, 6.07) is 1.80. The summed E-state index contributed by atoms with van der Waals surface area (Å²) in [5.74, 6) is 0.147. The van der Waals surface area contributed by atoms with Crippen LogP contribution in [-0.2, 0) is 9.59 Å². The molecular formula is C19H28N4O3. The predicted octanol–water partition coefficient (Wildman–Crippen LogP) is 2.04. The van der Waals surface area contributed by atoms with Crippen molar-refractivity contribution in [1.82, 2.24) is 14.9 Å². The summed E-state index contributed by atoms with van der Waals surface area (Å²) in [4.78, 5) is 37.1. The minimum Gasteiger partial charge on any atom is -0.481 e. The molecular weight excluding hydrogens is 332 g/mol. The van der Waals surface area contributed by atoms with Gasteiger partial charge in [-0.15, -0.1) is 0 Å². The van der Waals surface area contributed by atoms with Crippen LogP contribution >= 0.6 is 0 Å². The smallest absolute Gasteiger partial charge is 0.309 e. The number of aromatic nitrogens is 2. The summed E-state index contributed by atoms with van der Waals surface area (Å²) < 4.78 is 0. The second-order valence-electron chi connectivity index (χ2n) is 7.96. The third-order valence-electron chi connectivity index (χ3n) is 5.98. The highest BCUT2D eigenvalue weighted by Gasteiger charge is 2.41. The molecule has 0 bridgehead atoms. The molecule has 3 rings (SSSR count). The van der Waals surface area contributed by atoms with Crippen LogP contribution in [0.3, 0.4) is 0 Å². The van der Waals surface area contributed by atoms with Gasteiger partial charge in [0.2, 0.25) is 11.9 Å². The maximum atomic E-state index is 13.0. The first kappa shape index (κ1) is 18.6. The molecule has 3 heterocycles. The number of carbonyl (C=O) groups is 2. The fourth-order valence-electron chi connectivity index (χ4n) is 3.98. The van der Waals surface area contributed by atoms with Crippen LogP contribution in [0.25, 0.3) is 0 Å². The van der Waals surface area contributed by atoms with Crippen LogP contribution in [0.5, 0.6) is 0 Å². The largest absolute Gasteiger partial charge is 0.481 e. The van der Waals surface area contributed by atoms with Crippen molar-refractivity contribution < 1.29 is 14.7 Å². The summed E-state index contributed by atoms with van der Waals surface area (Å²) in [6.07, 6.45) is 6.80. The van der Waals surface area contributed by atoms with E-state index >= 15 is 0 Å². The maximum absolute atomic E-state index is 13.0. The highest BCUT2D eigenvalue weighted by Crippen LogP contribution is 2.35. The molecule has 2 aliphatic heterocycles. The van der Waals surface area contributed by atoms with Gasteiger partial charge < -0.3 is 14.9 Å². The molecule has 1 aromatic heterocycles. The van der Waals surface area contributed by atoms with Crippen LogP contribution in [0.1, 0.15) is 39.5 Å². The highest BCUT2D eigenvalue weighted by molar-refractivity contribution is 5.79. The van der Waals surface area contributed by atoms with Gasteiger partial charge in [0.1, 0.15) is 0 Å². The standard InChI is InChI=1S/C19H28N4O3/c1-19(2,17(25)26)15-5-3-10-23(13-15)16(24)14-6-11-22(12-7-14)18-20-8-4-9-21-18/h4,8-9,14-15H,3,5-7,10-13H2,1-2H3,(H,25,26). The minimum absolute atomic E-state index is 0.00973. The molecule has 26 heavy (non-hydrogen) atoms. The lowest BCUT2D eigenvalue weighted by Crippen LogP contribution is -2.50. The van der Waals surface area contributed by atoms with Crippen molar-refractivity contribution in [1.29, 1.82) is 0 Å². The molecule has 1 aromatic rings. The second kappa shape index (κ2) is 7.60. The zero-order valence-corrected chi connectivity index (χ0v) is 15.6. The number of carboxylic acid groups (broad SMARTS) is 1. The first-order chi connectivity index (χ1) is 12.4. The van der Waals surface area contributed by atoms with Crippen molar-refractivity contribution in [2.75, 3.05) is 31.1 Å². The Hall–Kier alpha value is -2.18. The maximum Gasteiger partial charge on any atom is 0.309 e. The monoisotopic (exact) mass is 360 g/mol. The summed E-state index contributed by atoms with van der Waals surface area (Å²) in [7, 11) is 0. The Morgan fingerprint density at radius 3 is 2.38 bits per heavy atom. The van der Waals surface area contributed by atoms with Gasteiger partial charge in [0, 0.05) is 44.5 Å². The van der Waals surface area contributed by atoms with Crippen LogP contribution in [0.15, 0.2) is 18.5 Å². The molecule has 0 spiro atoms. The van der Waals surface area contributed by atoms with E-state index in [1.54, 1.807) is 32.3 Å². The number of likely N-dealkylation sites (tertiary alicyclic amines) is 1. The van der Waals surface area contributed by atoms with Crippen molar-refractivity contribution in [3.05, 3.63) is 18.5 Å². The number of carbonyl (C=O) groups excluding carboxylic acids is 1. The van der Waals surface area contributed by atoms with Crippen LogP contribution in [-0.4, -0.2) is 58.0 Å². The molecule has 2 aliphatic rings. The molecule has 1 amide bonds. The first-order valence-corrected chi connectivity index (χ1v) is 9.43. The molecule has 7 nitrogen and oxygen atoms in total. The number of amides is 1. The third-order valence-corrected chi connectivity index (χ3v) is 5.98. The van der Waals surface area contributed by atoms with E-state index in [2.05, 4.69) is 14.9 Å². The average molecular weight is 360 g/mol. The molecule has 1 unspecified atom stereocenters. The lowest BCUT2D eigenvalue weighted by atomic mass is 9.74. The minimum atomic E-state index is -0.799. The highest BCUT2D eigenvalue weighted by atomic mass is 16.4. The van der Waals surface area contributed by atoms with Gasteiger partial charge >= 0.3 is 5.97 Å². The van der Waals surface area contributed by atoms with E-state index in [1.165, 1.54) is 0 Å². The van der Waals surface area contributed by atoms with Crippen molar-refractivity contribution in [3.8, 4) is 0 Å². The summed E-state index contributed by atoms with van der Waals surface area (Å²) in [6.45, 7) is 6.39.